The van der Waals surface area contributed by atoms with Gasteiger partial charge in [0.1, 0.15) is 0 Å². The molecule has 27 heavy (non-hydrogen) atoms. The van der Waals surface area contributed by atoms with Crippen molar-refractivity contribution in [2.24, 2.45) is 0 Å². The van der Waals surface area contributed by atoms with Crippen LogP contribution in [0.4, 0.5) is 18.3 Å². The lowest BCUT2D eigenvalue weighted by atomic mass is 10.1. The number of hydrogen-bond donors (Lipinski definition) is 0. The molecule has 1 aliphatic rings. The molecular formula is C17H16F3N3O2S2. The zero-order valence-electron chi connectivity index (χ0n) is 14.5. The summed E-state index contributed by atoms with van der Waals surface area (Å²) in [6, 6.07) is 4.32. The van der Waals surface area contributed by atoms with Gasteiger partial charge in [0.15, 0.2) is 10.1 Å². The minimum absolute atomic E-state index is 0.0981. The molecule has 0 aliphatic heterocycles. The number of carbonyl (C=O) groups is 2. The van der Waals surface area contributed by atoms with Gasteiger partial charge in [-0.1, -0.05) is 35.2 Å². The van der Waals surface area contributed by atoms with Crippen LogP contribution in [0.3, 0.4) is 0 Å². The number of rotatable bonds is 6. The maximum atomic E-state index is 12.6. The van der Waals surface area contributed by atoms with Gasteiger partial charge < -0.3 is 0 Å². The fourth-order valence-electron chi connectivity index (χ4n) is 2.49. The number of thioether (sulfide) groups is 1. The summed E-state index contributed by atoms with van der Waals surface area (Å²) in [6.07, 6.45) is -2.57. The number of ketones is 1. The molecule has 1 amide bonds. The van der Waals surface area contributed by atoms with Crippen LogP contribution in [0.15, 0.2) is 28.6 Å². The molecule has 1 aliphatic carbocycles. The number of aromatic nitrogens is 2. The van der Waals surface area contributed by atoms with Crippen molar-refractivity contribution in [2.75, 3.05) is 4.90 Å². The Morgan fingerprint density at radius 3 is 2.37 bits per heavy atom. The van der Waals surface area contributed by atoms with Crippen molar-refractivity contribution in [3.63, 3.8) is 0 Å². The third kappa shape index (κ3) is 4.67. The summed E-state index contributed by atoms with van der Waals surface area (Å²) in [5, 5.41) is 8.02. The topological polar surface area (TPSA) is 63.2 Å². The summed E-state index contributed by atoms with van der Waals surface area (Å²) >= 11 is 2.40. The van der Waals surface area contributed by atoms with Gasteiger partial charge in [-0.3, -0.25) is 14.5 Å². The molecule has 1 saturated carbocycles. The maximum Gasteiger partial charge on any atom is 0.416 e. The van der Waals surface area contributed by atoms with E-state index in [9.17, 15) is 22.8 Å². The van der Waals surface area contributed by atoms with E-state index in [1.54, 1.807) is 11.8 Å². The van der Waals surface area contributed by atoms with E-state index in [0.717, 1.165) is 25.0 Å². The van der Waals surface area contributed by atoms with Gasteiger partial charge in [-0.05, 0) is 31.9 Å². The van der Waals surface area contributed by atoms with Gasteiger partial charge >= 0.3 is 6.18 Å². The van der Waals surface area contributed by atoms with Crippen molar-refractivity contribution in [1.82, 2.24) is 10.2 Å². The largest absolute Gasteiger partial charge is 0.416 e. The molecule has 0 saturated heterocycles. The molecule has 3 rings (SSSR count). The smallest absolute Gasteiger partial charge is 0.293 e. The number of benzene rings is 1. The van der Waals surface area contributed by atoms with E-state index < -0.39 is 17.0 Å². The average molecular weight is 415 g/mol. The molecule has 2 aromatic rings. The first-order valence-electron chi connectivity index (χ1n) is 8.18. The molecule has 0 radical (unpaired) electrons. The van der Waals surface area contributed by atoms with Gasteiger partial charge in [0.05, 0.1) is 10.8 Å². The minimum Gasteiger partial charge on any atom is -0.293 e. The Balaban J connectivity index is 1.67. The second kappa shape index (κ2) is 7.59. The number of alkyl halides is 3. The zero-order chi connectivity index (χ0) is 19.8. The third-order valence-corrected chi connectivity index (χ3v) is 6.10. The van der Waals surface area contributed by atoms with Crippen LogP contribution in [-0.4, -0.2) is 33.2 Å². The molecule has 0 spiro atoms. The molecule has 1 aromatic carbocycles. The monoisotopic (exact) mass is 415 g/mol. The van der Waals surface area contributed by atoms with Crippen molar-refractivity contribution >= 4 is 39.9 Å². The molecule has 0 N–H and O–H groups in total. The number of carbonyl (C=O) groups excluding carboxylic acids is 2. The number of amides is 1. The number of nitrogens with zero attached hydrogens (tertiary/aromatic N) is 3. The number of halogens is 3. The molecule has 0 bridgehead atoms. The summed E-state index contributed by atoms with van der Waals surface area (Å²) in [6.45, 7) is 3.14. The molecule has 5 nitrogen and oxygen atoms in total. The van der Waals surface area contributed by atoms with E-state index in [4.69, 9.17) is 0 Å². The van der Waals surface area contributed by atoms with Crippen molar-refractivity contribution in [3.05, 3.63) is 35.4 Å². The van der Waals surface area contributed by atoms with Crippen LogP contribution in [-0.2, 0) is 11.0 Å². The predicted octanol–water partition coefficient (Wildman–Crippen LogP) is 4.44. The van der Waals surface area contributed by atoms with Crippen LogP contribution >= 0.6 is 23.1 Å². The van der Waals surface area contributed by atoms with Crippen LogP contribution in [0.25, 0.3) is 0 Å². The summed E-state index contributed by atoms with van der Waals surface area (Å²) in [7, 11) is 0. The van der Waals surface area contributed by atoms with E-state index >= 15 is 0 Å². The Morgan fingerprint density at radius 2 is 1.85 bits per heavy atom. The Morgan fingerprint density at radius 1 is 1.22 bits per heavy atom. The minimum atomic E-state index is -4.44. The van der Waals surface area contributed by atoms with Crippen LogP contribution < -0.4 is 4.90 Å². The average Bonchev–Trinajstić information content (AvgIpc) is 3.32. The zero-order valence-corrected chi connectivity index (χ0v) is 16.1. The number of Topliss-reactive ketones (excluding diaryl/α,β-unsaturated/α-hetero) is 1. The Hall–Kier alpha value is -1.94. The van der Waals surface area contributed by atoms with Gasteiger partial charge in [-0.2, -0.15) is 13.2 Å². The van der Waals surface area contributed by atoms with E-state index in [2.05, 4.69) is 10.2 Å². The van der Waals surface area contributed by atoms with Gasteiger partial charge in [0.2, 0.25) is 11.0 Å². The second-order valence-electron chi connectivity index (χ2n) is 6.17. The maximum absolute atomic E-state index is 12.6. The van der Waals surface area contributed by atoms with Crippen molar-refractivity contribution in [1.29, 1.82) is 0 Å². The molecule has 1 atom stereocenters. The summed E-state index contributed by atoms with van der Waals surface area (Å²) in [4.78, 5) is 25.9. The molecule has 10 heteroatoms. The molecule has 1 unspecified atom stereocenters. The Bertz CT molecular complexity index is 848. The van der Waals surface area contributed by atoms with E-state index in [0.29, 0.717) is 9.47 Å². The Kier molecular flexibility index (Phi) is 5.57. The number of anilines is 1. The normalized spacial score (nSPS) is 15.4. The molecular weight excluding hydrogens is 399 g/mol. The summed E-state index contributed by atoms with van der Waals surface area (Å²) in [5.41, 5.74) is -0.589. The lowest BCUT2D eigenvalue weighted by molar-refractivity contribution is -0.137. The van der Waals surface area contributed by atoms with Crippen LogP contribution in [0.1, 0.15) is 42.6 Å². The molecule has 144 valence electrons. The first-order valence-corrected chi connectivity index (χ1v) is 9.88. The number of hydrogen-bond acceptors (Lipinski definition) is 6. The highest BCUT2D eigenvalue weighted by molar-refractivity contribution is 8.02. The Labute approximate surface area is 162 Å². The lowest BCUT2D eigenvalue weighted by Gasteiger charge is -2.15. The summed E-state index contributed by atoms with van der Waals surface area (Å²) in [5.74, 6) is -0.393. The van der Waals surface area contributed by atoms with Crippen LogP contribution in [0, 0.1) is 0 Å². The van der Waals surface area contributed by atoms with Crippen LogP contribution in [0.5, 0.6) is 0 Å². The fraction of sp³-hybridized carbons (Fsp3) is 0.412. The van der Waals surface area contributed by atoms with Gasteiger partial charge in [-0.25, -0.2) is 0 Å². The van der Waals surface area contributed by atoms with Crippen molar-refractivity contribution < 1.29 is 22.8 Å². The third-order valence-electron chi connectivity index (χ3n) is 4.00. The van der Waals surface area contributed by atoms with E-state index in [-0.39, 0.29) is 23.3 Å². The molecule has 1 heterocycles. The SMILES string of the molecule is CC(=O)N(c1nnc(SC(C)C(=O)c2ccc(C(F)(F)F)cc2)s1)C1CC1. The molecule has 1 aromatic heterocycles. The van der Waals surface area contributed by atoms with E-state index in [1.165, 1.54) is 42.2 Å². The second-order valence-corrected chi connectivity index (χ2v) is 8.71. The summed E-state index contributed by atoms with van der Waals surface area (Å²) < 4.78 is 38.4. The standard InChI is InChI=1S/C17H16F3N3O2S2/c1-9(14(25)11-3-5-12(6-4-11)17(18,19)20)26-16-22-21-15(27-16)23(10(2)24)13-7-8-13/h3-6,9,13H,7-8H2,1-2H3. The van der Waals surface area contributed by atoms with Crippen LogP contribution in [0.2, 0.25) is 0 Å². The lowest BCUT2D eigenvalue weighted by Crippen LogP contribution is -2.30. The van der Waals surface area contributed by atoms with Crippen molar-refractivity contribution in [3.8, 4) is 0 Å². The highest BCUT2D eigenvalue weighted by Gasteiger charge is 2.34. The van der Waals surface area contributed by atoms with Gasteiger partial charge in [-0.15, -0.1) is 10.2 Å². The highest BCUT2D eigenvalue weighted by atomic mass is 32.2. The first kappa shape index (κ1) is 19.8. The van der Waals surface area contributed by atoms with Crippen molar-refractivity contribution in [2.45, 2.75) is 48.5 Å². The van der Waals surface area contributed by atoms with Gasteiger partial charge in [0, 0.05) is 18.5 Å². The fourth-order valence-corrected chi connectivity index (χ4v) is 4.67. The van der Waals surface area contributed by atoms with E-state index in [1.807, 2.05) is 0 Å². The quantitative estimate of drug-likeness (QED) is 0.397. The first-order chi connectivity index (χ1) is 12.7. The highest BCUT2D eigenvalue weighted by Crippen LogP contribution is 2.37. The molecule has 1 fully saturated rings. The predicted molar refractivity (Wildman–Crippen MR) is 97.2 cm³/mol. The van der Waals surface area contributed by atoms with Gasteiger partial charge in [0.25, 0.3) is 0 Å².